The van der Waals surface area contributed by atoms with E-state index < -0.39 is 58.2 Å². The molecule has 5 rings (SSSR count). The van der Waals surface area contributed by atoms with Crippen molar-refractivity contribution in [2.75, 3.05) is 33.1 Å². The standard InChI is InChI=1S/C29H30BrN3O6/c1-32(2)18-12-15(13-8-6-5-7-9-13)24(34)20-16(18)10-14-11-17-23(33(3)4)22(30)21(28(31)38)27(37)29(17,39)26(36)19(14)25(20)35/h5-9,12,14,17,19,23,34,39H,10-11H2,1-4H3,(H2,31,38)/t14-,17-,19?,23-,29-/m1/s1. The summed E-state index contributed by atoms with van der Waals surface area (Å²) in [4.78, 5) is 57.6. The van der Waals surface area contributed by atoms with E-state index in [1.54, 1.807) is 19.0 Å². The molecule has 204 valence electrons. The second-order valence-electron chi connectivity index (χ2n) is 11.0. The maximum atomic E-state index is 14.1. The number of aliphatic hydroxyl groups is 1. The van der Waals surface area contributed by atoms with Crippen LogP contribution in [0.1, 0.15) is 22.3 Å². The van der Waals surface area contributed by atoms with Crippen molar-refractivity contribution in [1.29, 1.82) is 0 Å². The number of likely N-dealkylation sites (N-methyl/N-ethyl adjacent to an activating group) is 1. The molecule has 2 aromatic carbocycles. The van der Waals surface area contributed by atoms with Gasteiger partial charge in [-0.1, -0.05) is 46.3 Å². The van der Waals surface area contributed by atoms with Crippen LogP contribution in [-0.4, -0.2) is 78.2 Å². The first kappa shape index (κ1) is 27.2. The zero-order valence-electron chi connectivity index (χ0n) is 22.1. The Hall–Kier alpha value is -3.34. The lowest BCUT2D eigenvalue weighted by atomic mass is 9.54. The van der Waals surface area contributed by atoms with E-state index in [9.17, 15) is 29.4 Å². The molecule has 0 aliphatic heterocycles. The van der Waals surface area contributed by atoms with Crippen LogP contribution in [0.3, 0.4) is 0 Å². The molecular weight excluding hydrogens is 566 g/mol. The van der Waals surface area contributed by atoms with E-state index in [1.165, 1.54) is 0 Å². The predicted molar refractivity (Wildman–Crippen MR) is 149 cm³/mol. The zero-order chi connectivity index (χ0) is 28.5. The van der Waals surface area contributed by atoms with E-state index in [1.807, 2.05) is 55.4 Å². The number of phenols is 1. The van der Waals surface area contributed by atoms with Crippen molar-refractivity contribution in [1.82, 2.24) is 4.90 Å². The van der Waals surface area contributed by atoms with Crippen LogP contribution in [0, 0.1) is 17.8 Å². The lowest BCUT2D eigenvalue weighted by Crippen LogP contribution is -2.69. The molecule has 0 spiro atoms. The number of hydrogen-bond donors (Lipinski definition) is 3. The Kier molecular flexibility index (Phi) is 6.56. The summed E-state index contributed by atoms with van der Waals surface area (Å²) in [6.45, 7) is 0. The smallest absolute Gasteiger partial charge is 0.253 e. The molecule has 3 aliphatic carbocycles. The van der Waals surface area contributed by atoms with Crippen molar-refractivity contribution in [3.63, 3.8) is 0 Å². The summed E-state index contributed by atoms with van der Waals surface area (Å²) >= 11 is 3.35. The number of hydrogen-bond acceptors (Lipinski definition) is 8. The summed E-state index contributed by atoms with van der Waals surface area (Å²) in [5, 5.41) is 23.2. The van der Waals surface area contributed by atoms with Crippen molar-refractivity contribution in [2.24, 2.45) is 23.5 Å². The molecule has 0 aromatic heterocycles. The number of nitrogens with two attached hydrogens (primary N) is 1. The fourth-order valence-electron chi connectivity index (χ4n) is 6.70. The number of phenolic OH excluding ortho intramolecular Hbond substituents is 1. The number of primary amides is 1. The number of amides is 1. The number of nitrogens with zero attached hydrogens (tertiary/aromatic N) is 2. The van der Waals surface area contributed by atoms with Crippen LogP contribution in [-0.2, 0) is 20.8 Å². The van der Waals surface area contributed by atoms with Gasteiger partial charge in [-0.15, -0.1) is 0 Å². The fourth-order valence-corrected chi connectivity index (χ4v) is 7.81. The fraction of sp³-hybridized carbons (Fsp3) is 0.379. The Balaban J connectivity index is 1.70. The molecule has 39 heavy (non-hydrogen) atoms. The van der Waals surface area contributed by atoms with Gasteiger partial charge in [0.1, 0.15) is 5.75 Å². The number of carbonyl (C=O) groups excluding carboxylic acids is 4. The van der Waals surface area contributed by atoms with Gasteiger partial charge in [0.05, 0.1) is 17.1 Å². The molecule has 0 saturated heterocycles. The Morgan fingerprint density at radius 3 is 2.31 bits per heavy atom. The third-order valence-corrected chi connectivity index (χ3v) is 9.29. The third kappa shape index (κ3) is 3.80. The maximum Gasteiger partial charge on any atom is 0.253 e. The summed E-state index contributed by atoms with van der Waals surface area (Å²) in [6.07, 6.45) is 0.459. The Morgan fingerprint density at radius 1 is 1.10 bits per heavy atom. The van der Waals surface area contributed by atoms with E-state index >= 15 is 0 Å². The SMILES string of the molecule is CN(C)c1cc(-c2ccccc2)c(O)c2c1C[C@@H]1C[C@@H]3[C@@H](N(C)C)C(Br)=C(C(N)=O)C(=O)[C@]3(O)C(=O)C1C2=O. The van der Waals surface area contributed by atoms with E-state index in [2.05, 4.69) is 15.9 Å². The molecule has 2 aromatic rings. The molecule has 0 heterocycles. The number of halogens is 1. The van der Waals surface area contributed by atoms with Gasteiger partial charge in [-0.05, 0) is 50.0 Å². The van der Waals surface area contributed by atoms with Gasteiger partial charge in [-0.3, -0.25) is 19.2 Å². The lowest BCUT2D eigenvalue weighted by molar-refractivity contribution is -0.168. The molecule has 1 amide bonds. The first-order valence-corrected chi connectivity index (χ1v) is 13.4. The Labute approximate surface area is 234 Å². The van der Waals surface area contributed by atoms with Crippen LogP contribution < -0.4 is 10.6 Å². The summed E-state index contributed by atoms with van der Waals surface area (Å²) in [5.41, 5.74) is 4.93. The summed E-state index contributed by atoms with van der Waals surface area (Å²) < 4.78 is 0.215. The van der Waals surface area contributed by atoms with Crippen molar-refractivity contribution >= 4 is 44.9 Å². The van der Waals surface area contributed by atoms with E-state index in [-0.39, 0.29) is 22.2 Å². The number of anilines is 1. The van der Waals surface area contributed by atoms with Gasteiger partial charge in [0.2, 0.25) is 5.78 Å². The number of rotatable bonds is 4. The Bertz CT molecular complexity index is 1470. The number of carbonyl (C=O) groups is 4. The summed E-state index contributed by atoms with van der Waals surface area (Å²) in [7, 11) is 7.12. The molecule has 10 heteroatoms. The molecule has 9 nitrogen and oxygen atoms in total. The topological polar surface area (TPSA) is 141 Å². The lowest BCUT2D eigenvalue weighted by Gasteiger charge is -2.52. The van der Waals surface area contributed by atoms with Gasteiger partial charge in [-0.2, -0.15) is 0 Å². The molecule has 0 radical (unpaired) electrons. The summed E-state index contributed by atoms with van der Waals surface area (Å²) in [6, 6.07) is 10.2. The van der Waals surface area contributed by atoms with Gasteiger partial charge < -0.3 is 25.7 Å². The molecule has 1 unspecified atom stereocenters. The second-order valence-corrected chi connectivity index (χ2v) is 11.9. The average Bonchev–Trinajstić information content (AvgIpc) is 2.86. The highest BCUT2D eigenvalue weighted by Gasteiger charge is 2.66. The normalized spacial score (nSPS) is 28.2. The first-order chi connectivity index (χ1) is 18.3. The minimum Gasteiger partial charge on any atom is -0.507 e. The van der Waals surface area contributed by atoms with Gasteiger partial charge >= 0.3 is 0 Å². The highest BCUT2D eigenvalue weighted by molar-refractivity contribution is 9.11. The predicted octanol–water partition coefficient (Wildman–Crippen LogP) is 2.06. The van der Waals surface area contributed by atoms with E-state index in [0.717, 1.165) is 5.69 Å². The molecule has 1 saturated carbocycles. The number of aromatic hydroxyl groups is 1. The highest BCUT2D eigenvalue weighted by atomic mass is 79.9. The molecular formula is C29H30BrN3O6. The van der Waals surface area contributed by atoms with Crippen LogP contribution in [0.2, 0.25) is 0 Å². The quantitative estimate of drug-likeness (QED) is 0.360. The highest BCUT2D eigenvalue weighted by Crippen LogP contribution is 2.54. The Morgan fingerprint density at radius 2 is 1.74 bits per heavy atom. The minimum absolute atomic E-state index is 0.0240. The zero-order valence-corrected chi connectivity index (χ0v) is 23.7. The van der Waals surface area contributed by atoms with Crippen LogP contribution >= 0.6 is 15.9 Å². The molecule has 5 atom stereocenters. The molecule has 1 fully saturated rings. The van der Waals surface area contributed by atoms with Crippen molar-refractivity contribution < 1.29 is 29.4 Å². The number of ketones is 3. The van der Waals surface area contributed by atoms with Crippen LogP contribution in [0.4, 0.5) is 5.69 Å². The minimum atomic E-state index is -2.61. The third-order valence-electron chi connectivity index (χ3n) is 8.42. The molecule has 0 bridgehead atoms. The van der Waals surface area contributed by atoms with Crippen molar-refractivity contribution in [3.8, 4) is 16.9 Å². The van der Waals surface area contributed by atoms with Crippen molar-refractivity contribution in [3.05, 3.63) is 57.6 Å². The number of benzene rings is 2. The monoisotopic (exact) mass is 595 g/mol. The maximum absolute atomic E-state index is 14.1. The first-order valence-electron chi connectivity index (χ1n) is 12.6. The van der Waals surface area contributed by atoms with Crippen LogP contribution in [0.15, 0.2) is 46.5 Å². The average molecular weight is 596 g/mol. The van der Waals surface area contributed by atoms with Gasteiger partial charge in [0.15, 0.2) is 17.2 Å². The van der Waals surface area contributed by atoms with Crippen molar-refractivity contribution in [2.45, 2.75) is 24.5 Å². The number of fused-ring (bicyclic) bond motifs is 3. The molecule has 4 N–H and O–H groups in total. The van der Waals surface area contributed by atoms with E-state index in [4.69, 9.17) is 5.73 Å². The molecule has 3 aliphatic rings. The largest absolute Gasteiger partial charge is 0.507 e. The summed E-state index contributed by atoms with van der Waals surface area (Å²) in [5.74, 6) is -6.79. The van der Waals surface area contributed by atoms with Gasteiger partial charge in [0, 0.05) is 41.8 Å². The van der Waals surface area contributed by atoms with Gasteiger partial charge in [-0.25, -0.2) is 0 Å². The van der Waals surface area contributed by atoms with Crippen LogP contribution in [0.5, 0.6) is 5.75 Å². The van der Waals surface area contributed by atoms with E-state index in [0.29, 0.717) is 23.1 Å². The van der Waals surface area contributed by atoms with Gasteiger partial charge in [0.25, 0.3) is 5.91 Å². The second kappa shape index (κ2) is 9.39. The number of Topliss-reactive ketones (excluding diaryl/α,β-unsaturated/α-hetero) is 3. The van der Waals surface area contributed by atoms with Crippen LogP contribution in [0.25, 0.3) is 11.1 Å².